The van der Waals surface area contributed by atoms with E-state index in [1.54, 1.807) is 30.5 Å². The number of nitrogens with zero attached hydrogens (tertiary/aromatic N) is 1. The first-order valence-corrected chi connectivity index (χ1v) is 7.92. The van der Waals surface area contributed by atoms with E-state index in [1.807, 2.05) is 24.3 Å². The van der Waals surface area contributed by atoms with Crippen LogP contribution in [0, 0.1) is 0 Å². The van der Waals surface area contributed by atoms with Gasteiger partial charge in [0.25, 0.3) is 0 Å². The van der Waals surface area contributed by atoms with E-state index in [9.17, 15) is 4.79 Å². The third-order valence-electron chi connectivity index (χ3n) is 3.10. The van der Waals surface area contributed by atoms with Gasteiger partial charge in [0.1, 0.15) is 0 Å². The van der Waals surface area contributed by atoms with Crippen LogP contribution in [0.25, 0.3) is 11.3 Å². The van der Waals surface area contributed by atoms with Gasteiger partial charge in [0.15, 0.2) is 0 Å². The van der Waals surface area contributed by atoms with Crippen LogP contribution in [0.2, 0.25) is 5.02 Å². The number of benzene rings is 2. The summed E-state index contributed by atoms with van der Waals surface area (Å²) >= 11 is 9.24. The minimum Gasteiger partial charge on any atom is -0.308 e. The summed E-state index contributed by atoms with van der Waals surface area (Å²) in [6.07, 6.45) is 1.68. The van der Waals surface area contributed by atoms with Crippen LogP contribution < -0.4 is 10.6 Å². The second-order valence-electron chi connectivity index (χ2n) is 4.76. The molecular weight excluding hydrogens is 380 g/mol. The topological polar surface area (TPSA) is 69.8 Å². The zero-order valence-corrected chi connectivity index (χ0v) is 14.1. The Balaban J connectivity index is 1.71. The van der Waals surface area contributed by atoms with Gasteiger partial charge in [-0.1, -0.05) is 23.7 Å². The molecule has 0 fully saturated rings. The maximum absolute atomic E-state index is 12.0. The zero-order chi connectivity index (χ0) is 16.2. The van der Waals surface area contributed by atoms with Gasteiger partial charge >= 0.3 is 6.03 Å². The Morgan fingerprint density at radius 3 is 2.52 bits per heavy atom. The summed E-state index contributed by atoms with van der Waals surface area (Å²) in [6, 6.07) is 14.0. The molecule has 0 aliphatic rings. The third-order valence-corrected chi connectivity index (χ3v) is 3.96. The molecule has 0 unspecified atom stereocenters. The fourth-order valence-corrected chi connectivity index (χ4v) is 2.60. The lowest BCUT2D eigenvalue weighted by atomic mass is 10.1. The number of amides is 2. The van der Waals surface area contributed by atoms with Crippen molar-refractivity contribution in [1.82, 2.24) is 10.2 Å². The Morgan fingerprint density at radius 1 is 1.09 bits per heavy atom. The van der Waals surface area contributed by atoms with Gasteiger partial charge in [-0.25, -0.2) is 4.79 Å². The van der Waals surface area contributed by atoms with Crippen LogP contribution in [-0.2, 0) is 0 Å². The largest absolute Gasteiger partial charge is 0.323 e. The first-order chi connectivity index (χ1) is 11.1. The molecule has 0 atom stereocenters. The molecule has 7 heteroatoms. The summed E-state index contributed by atoms with van der Waals surface area (Å²) in [6.45, 7) is 0. The fraction of sp³-hybridized carbons (Fsp3) is 0. The molecule has 2 amide bonds. The minimum atomic E-state index is -0.326. The Hall–Kier alpha value is -2.31. The molecule has 0 spiro atoms. The van der Waals surface area contributed by atoms with Gasteiger partial charge in [-0.15, -0.1) is 0 Å². The molecule has 116 valence electrons. The van der Waals surface area contributed by atoms with Crippen LogP contribution in [0.4, 0.5) is 16.2 Å². The van der Waals surface area contributed by atoms with Crippen LogP contribution in [0.15, 0.2) is 59.2 Å². The molecule has 0 radical (unpaired) electrons. The van der Waals surface area contributed by atoms with Gasteiger partial charge in [0, 0.05) is 22.0 Å². The average Bonchev–Trinajstić information content (AvgIpc) is 2.96. The van der Waals surface area contributed by atoms with Crippen LogP contribution in [0.1, 0.15) is 0 Å². The second kappa shape index (κ2) is 6.85. The van der Waals surface area contributed by atoms with E-state index >= 15 is 0 Å². The number of H-pyrrole nitrogens is 1. The summed E-state index contributed by atoms with van der Waals surface area (Å²) in [5.41, 5.74) is 3.11. The number of aromatic amines is 1. The summed E-state index contributed by atoms with van der Waals surface area (Å²) in [4.78, 5) is 12.0. The Morgan fingerprint density at radius 2 is 1.83 bits per heavy atom. The summed E-state index contributed by atoms with van der Waals surface area (Å²) in [5, 5.41) is 13.0. The molecule has 2 aromatic carbocycles. The van der Waals surface area contributed by atoms with Crippen molar-refractivity contribution in [3.8, 4) is 11.3 Å². The van der Waals surface area contributed by atoms with Gasteiger partial charge in [-0.05, 0) is 52.3 Å². The van der Waals surface area contributed by atoms with Crippen LogP contribution in [0.3, 0.4) is 0 Å². The maximum atomic E-state index is 12.0. The lowest BCUT2D eigenvalue weighted by Crippen LogP contribution is -2.19. The van der Waals surface area contributed by atoms with Crippen molar-refractivity contribution in [2.45, 2.75) is 0 Å². The minimum absolute atomic E-state index is 0.326. The van der Waals surface area contributed by atoms with Crippen molar-refractivity contribution in [3.63, 3.8) is 0 Å². The normalized spacial score (nSPS) is 10.3. The van der Waals surface area contributed by atoms with E-state index in [2.05, 4.69) is 36.8 Å². The molecule has 3 rings (SSSR count). The number of halogens is 2. The molecule has 3 aromatic rings. The Kier molecular flexibility index (Phi) is 4.64. The van der Waals surface area contributed by atoms with E-state index in [4.69, 9.17) is 11.6 Å². The van der Waals surface area contributed by atoms with Gasteiger partial charge in [0.05, 0.1) is 16.4 Å². The van der Waals surface area contributed by atoms with Crippen LogP contribution in [0.5, 0.6) is 0 Å². The average molecular weight is 392 g/mol. The zero-order valence-electron chi connectivity index (χ0n) is 11.8. The van der Waals surface area contributed by atoms with Gasteiger partial charge in [-0.3, -0.25) is 5.10 Å². The van der Waals surface area contributed by atoms with Gasteiger partial charge in [0.2, 0.25) is 0 Å². The smallest absolute Gasteiger partial charge is 0.308 e. The lowest BCUT2D eigenvalue weighted by molar-refractivity contribution is 0.262. The standard InChI is InChI=1S/C16H12BrClN4O/c17-14-9-19-22-15(14)10-2-1-3-13(8-10)21-16(23)20-12-6-4-11(18)5-7-12/h1-9H,(H,19,22)(H2,20,21,23). The van der Waals surface area contributed by atoms with Crippen LogP contribution in [-0.4, -0.2) is 16.2 Å². The second-order valence-corrected chi connectivity index (χ2v) is 6.05. The van der Waals surface area contributed by atoms with Gasteiger partial charge < -0.3 is 10.6 Å². The first kappa shape index (κ1) is 15.6. The van der Waals surface area contributed by atoms with Crippen molar-refractivity contribution < 1.29 is 4.79 Å². The number of rotatable bonds is 3. The number of carbonyl (C=O) groups is 1. The highest BCUT2D eigenvalue weighted by Gasteiger charge is 2.07. The molecule has 5 nitrogen and oxygen atoms in total. The quantitative estimate of drug-likeness (QED) is 0.579. The van der Waals surface area contributed by atoms with Crippen molar-refractivity contribution in [1.29, 1.82) is 0 Å². The molecule has 23 heavy (non-hydrogen) atoms. The number of urea groups is 1. The Bertz CT molecular complexity index is 832. The molecule has 0 saturated heterocycles. The molecule has 0 aliphatic heterocycles. The number of carbonyl (C=O) groups excluding carboxylic acids is 1. The van der Waals surface area contributed by atoms with Crippen molar-refractivity contribution in [3.05, 3.63) is 64.2 Å². The van der Waals surface area contributed by atoms with E-state index in [0.717, 1.165) is 15.7 Å². The highest BCUT2D eigenvalue weighted by atomic mass is 79.9. The maximum Gasteiger partial charge on any atom is 0.323 e. The molecule has 0 bridgehead atoms. The number of hydrogen-bond donors (Lipinski definition) is 3. The third kappa shape index (κ3) is 3.91. The number of nitrogens with one attached hydrogen (secondary N) is 3. The summed E-state index contributed by atoms with van der Waals surface area (Å²) in [5.74, 6) is 0. The van der Waals surface area contributed by atoms with Crippen LogP contribution >= 0.6 is 27.5 Å². The van der Waals surface area contributed by atoms with E-state index in [0.29, 0.717) is 16.4 Å². The number of hydrogen-bond acceptors (Lipinski definition) is 2. The SMILES string of the molecule is O=C(Nc1ccc(Cl)cc1)Nc1cccc(-c2[nH]ncc2Br)c1. The molecule has 1 aromatic heterocycles. The number of anilines is 2. The Labute approximate surface area is 146 Å². The summed E-state index contributed by atoms with van der Waals surface area (Å²) in [7, 11) is 0. The molecule has 0 aliphatic carbocycles. The molecule has 1 heterocycles. The van der Waals surface area contributed by atoms with E-state index < -0.39 is 0 Å². The highest BCUT2D eigenvalue weighted by Crippen LogP contribution is 2.27. The van der Waals surface area contributed by atoms with E-state index in [-0.39, 0.29) is 6.03 Å². The predicted molar refractivity (Wildman–Crippen MR) is 95.8 cm³/mol. The van der Waals surface area contributed by atoms with Crippen molar-refractivity contribution in [2.24, 2.45) is 0 Å². The predicted octanol–water partition coefficient (Wildman–Crippen LogP) is 5.14. The fourth-order valence-electron chi connectivity index (χ4n) is 2.05. The first-order valence-electron chi connectivity index (χ1n) is 6.75. The van der Waals surface area contributed by atoms with Crippen molar-refractivity contribution in [2.75, 3.05) is 10.6 Å². The van der Waals surface area contributed by atoms with Gasteiger partial charge in [-0.2, -0.15) is 5.10 Å². The molecule has 3 N–H and O–H groups in total. The number of aromatic nitrogens is 2. The monoisotopic (exact) mass is 390 g/mol. The molecule has 0 saturated carbocycles. The van der Waals surface area contributed by atoms with E-state index in [1.165, 1.54) is 0 Å². The lowest BCUT2D eigenvalue weighted by Gasteiger charge is -2.09. The highest BCUT2D eigenvalue weighted by molar-refractivity contribution is 9.10. The summed E-state index contributed by atoms with van der Waals surface area (Å²) < 4.78 is 0.861. The van der Waals surface area contributed by atoms with Crippen molar-refractivity contribution >= 4 is 44.9 Å². The molecular formula is C16H12BrClN4O.